The minimum Gasteiger partial charge on any atom is -0.444 e. The largest absolute Gasteiger partial charge is 0.444 e. The highest BCUT2D eigenvalue weighted by Crippen LogP contribution is 2.18. The van der Waals surface area contributed by atoms with Gasteiger partial charge in [-0.1, -0.05) is 42.5 Å². The number of ether oxygens (including phenoxy) is 1. The quantitative estimate of drug-likeness (QED) is 0.772. The minimum atomic E-state index is -0.807. The van der Waals surface area contributed by atoms with Gasteiger partial charge < -0.3 is 20.5 Å². The van der Waals surface area contributed by atoms with E-state index >= 15 is 0 Å². The predicted molar refractivity (Wildman–Crippen MR) is 104 cm³/mol. The molecule has 0 radical (unpaired) electrons. The number of hydrogen-bond donors (Lipinski definition) is 2. The van der Waals surface area contributed by atoms with Crippen molar-refractivity contribution in [3.8, 4) is 0 Å². The average Bonchev–Trinajstić information content (AvgIpc) is 2.58. The van der Waals surface area contributed by atoms with Gasteiger partial charge in [0.25, 0.3) is 0 Å². The first kappa shape index (κ1) is 19.8. The Hall–Kier alpha value is -2.53. The summed E-state index contributed by atoms with van der Waals surface area (Å²) in [5, 5.41) is 10.5. The van der Waals surface area contributed by atoms with E-state index in [9.17, 15) is 9.90 Å². The molecule has 0 aliphatic rings. The summed E-state index contributed by atoms with van der Waals surface area (Å²) in [6, 6.07) is 16.9. The second-order valence-corrected chi connectivity index (χ2v) is 7.34. The molecule has 1 atom stereocenters. The minimum absolute atomic E-state index is 0.158. The van der Waals surface area contributed by atoms with E-state index in [0.717, 1.165) is 5.56 Å². The van der Waals surface area contributed by atoms with Gasteiger partial charge in [0.05, 0.1) is 12.6 Å². The van der Waals surface area contributed by atoms with Crippen LogP contribution >= 0.6 is 0 Å². The summed E-state index contributed by atoms with van der Waals surface area (Å²) in [5.74, 6) is 0. The number of hydrogen-bond acceptors (Lipinski definition) is 4. The van der Waals surface area contributed by atoms with Crippen molar-refractivity contribution in [3.05, 3.63) is 65.7 Å². The zero-order valence-electron chi connectivity index (χ0n) is 15.7. The topological polar surface area (TPSA) is 75.8 Å². The Kier molecular flexibility index (Phi) is 6.64. The van der Waals surface area contributed by atoms with Crippen molar-refractivity contribution < 1.29 is 14.6 Å². The molecule has 3 N–H and O–H groups in total. The van der Waals surface area contributed by atoms with E-state index in [1.807, 2.05) is 51.1 Å². The Balaban J connectivity index is 2.08. The number of aliphatic hydroxyl groups excluding tert-OH is 1. The number of nitrogen functional groups attached to an aromatic ring is 1. The van der Waals surface area contributed by atoms with Gasteiger partial charge >= 0.3 is 6.09 Å². The second kappa shape index (κ2) is 8.72. The van der Waals surface area contributed by atoms with Crippen LogP contribution < -0.4 is 5.73 Å². The summed E-state index contributed by atoms with van der Waals surface area (Å²) in [6.45, 7) is 6.11. The molecule has 0 aromatic heterocycles. The van der Waals surface area contributed by atoms with Gasteiger partial charge in [0, 0.05) is 12.2 Å². The standard InChI is InChI=1S/C21H28N2O3/c1-21(2,3)26-20(25)23(14-13-16-7-5-4-6-8-16)15-19(24)17-9-11-18(22)12-10-17/h4-12,19,24H,13-15,22H2,1-3H3/t19-/m1/s1. The van der Waals surface area contributed by atoms with Crippen LogP contribution in [0.1, 0.15) is 38.0 Å². The van der Waals surface area contributed by atoms with Crippen molar-refractivity contribution in [1.29, 1.82) is 0 Å². The Labute approximate surface area is 155 Å². The van der Waals surface area contributed by atoms with E-state index in [1.165, 1.54) is 0 Å². The number of carbonyl (C=O) groups excluding carboxylic acids is 1. The smallest absolute Gasteiger partial charge is 0.410 e. The number of anilines is 1. The zero-order valence-corrected chi connectivity index (χ0v) is 15.7. The van der Waals surface area contributed by atoms with E-state index in [1.54, 1.807) is 29.2 Å². The van der Waals surface area contributed by atoms with E-state index in [2.05, 4.69) is 0 Å². The highest BCUT2D eigenvalue weighted by Gasteiger charge is 2.24. The van der Waals surface area contributed by atoms with Crippen molar-refractivity contribution in [2.45, 2.75) is 38.9 Å². The lowest BCUT2D eigenvalue weighted by Gasteiger charge is -2.29. The van der Waals surface area contributed by atoms with Gasteiger partial charge in [0.2, 0.25) is 0 Å². The van der Waals surface area contributed by atoms with Gasteiger partial charge in [0.15, 0.2) is 0 Å². The van der Waals surface area contributed by atoms with Crippen LogP contribution in [0, 0.1) is 0 Å². The van der Waals surface area contributed by atoms with Crippen molar-refractivity contribution in [3.63, 3.8) is 0 Å². The molecule has 5 nitrogen and oxygen atoms in total. The molecule has 0 heterocycles. The Morgan fingerprint density at radius 2 is 1.73 bits per heavy atom. The molecule has 0 spiro atoms. The molecule has 5 heteroatoms. The maximum Gasteiger partial charge on any atom is 0.410 e. The lowest BCUT2D eigenvalue weighted by molar-refractivity contribution is 0.0147. The Morgan fingerprint density at radius 1 is 1.12 bits per heavy atom. The summed E-state index contributed by atoms with van der Waals surface area (Å²) in [7, 11) is 0. The number of rotatable bonds is 6. The molecule has 0 unspecified atom stereocenters. The maximum atomic E-state index is 12.6. The van der Waals surface area contributed by atoms with E-state index in [0.29, 0.717) is 24.2 Å². The Bertz CT molecular complexity index is 693. The average molecular weight is 356 g/mol. The molecule has 26 heavy (non-hydrogen) atoms. The lowest BCUT2D eigenvalue weighted by Crippen LogP contribution is -2.40. The molecule has 140 valence electrons. The molecule has 0 aliphatic carbocycles. The zero-order chi connectivity index (χ0) is 19.2. The van der Waals surface area contributed by atoms with Gasteiger partial charge in [-0.2, -0.15) is 0 Å². The van der Waals surface area contributed by atoms with E-state index in [4.69, 9.17) is 10.5 Å². The Morgan fingerprint density at radius 3 is 2.31 bits per heavy atom. The molecule has 0 bridgehead atoms. The van der Waals surface area contributed by atoms with Crippen LogP contribution in [0.15, 0.2) is 54.6 Å². The number of aliphatic hydroxyl groups is 1. The van der Waals surface area contributed by atoms with Crippen molar-refractivity contribution in [1.82, 2.24) is 4.90 Å². The first-order valence-electron chi connectivity index (χ1n) is 8.80. The first-order valence-corrected chi connectivity index (χ1v) is 8.80. The van der Waals surface area contributed by atoms with Crippen LogP contribution in [0.25, 0.3) is 0 Å². The van der Waals surface area contributed by atoms with Crippen LogP contribution in [-0.2, 0) is 11.2 Å². The molecule has 2 aromatic carbocycles. The molecule has 0 fully saturated rings. The molecule has 0 saturated carbocycles. The summed E-state index contributed by atoms with van der Waals surface area (Å²) in [6.07, 6.45) is -0.545. The van der Waals surface area contributed by atoms with Crippen molar-refractivity contribution >= 4 is 11.8 Å². The van der Waals surface area contributed by atoms with Crippen LogP contribution in [0.5, 0.6) is 0 Å². The molecule has 0 saturated heterocycles. The third-order valence-corrected chi connectivity index (χ3v) is 3.88. The third kappa shape index (κ3) is 6.41. The lowest BCUT2D eigenvalue weighted by atomic mass is 10.1. The molecular weight excluding hydrogens is 328 g/mol. The maximum absolute atomic E-state index is 12.6. The van der Waals surface area contributed by atoms with E-state index < -0.39 is 17.8 Å². The molecule has 0 aliphatic heterocycles. The number of carbonyl (C=O) groups is 1. The van der Waals surface area contributed by atoms with Crippen LogP contribution in [-0.4, -0.2) is 34.8 Å². The van der Waals surface area contributed by atoms with E-state index in [-0.39, 0.29) is 6.54 Å². The normalized spacial score (nSPS) is 12.5. The van der Waals surface area contributed by atoms with Gasteiger partial charge in [-0.25, -0.2) is 4.79 Å². The van der Waals surface area contributed by atoms with Crippen LogP contribution in [0.3, 0.4) is 0 Å². The fourth-order valence-electron chi connectivity index (χ4n) is 2.52. The van der Waals surface area contributed by atoms with Crippen LogP contribution in [0.4, 0.5) is 10.5 Å². The number of amides is 1. The van der Waals surface area contributed by atoms with Crippen molar-refractivity contribution in [2.24, 2.45) is 0 Å². The summed E-state index contributed by atoms with van der Waals surface area (Å²) < 4.78 is 5.50. The highest BCUT2D eigenvalue weighted by molar-refractivity contribution is 5.68. The molecule has 1 amide bonds. The van der Waals surface area contributed by atoms with Gasteiger partial charge in [0.1, 0.15) is 5.60 Å². The second-order valence-electron chi connectivity index (χ2n) is 7.34. The summed E-state index contributed by atoms with van der Waals surface area (Å²) in [5.41, 5.74) is 7.58. The van der Waals surface area contributed by atoms with Crippen LogP contribution in [0.2, 0.25) is 0 Å². The number of nitrogens with two attached hydrogens (primary N) is 1. The highest BCUT2D eigenvalue weighted by atomic mass is 16.6. The molecule has 2 aromatic rings. The SMILES string of the molecule is CC(C)(C)OC(=O)N(CCc1ccccc1)C[C@@H](O)c1ccc(N)cc1. The fourth-order valence-corrected chi connectivity index (χ4v) is 2.52. The number of nitrogens with zero attached hydrogens (tertiary/aromatic N) is 1. The number of benzene rings is 2. The molecular formula is C21H28N2O3. The predicted octanol–water partition coefficient (Wildman–Crippen LogP) is 3.78. The molecule has 2 rings (SSSR count). The monoisotopic (exact) mass is 356 g/mol. The van der Waals surface area contributed by atoms with Gasteiger partial charge in [-0.05, 0) is 50.5 Å². The van der Waals surface area contributed by atoms with Gasteiger partial charge in [-0.3, -0.25) is 0 Å². The third-order valence-electron chi connectivity index (χ3n) is 3.88. The van der Waals surface area contributed by atoms with Crippen molar-refractivity contribution in [2.75, 3.05) is 18.8 Å². The fraction of sp³-hybridized carbons (Fsp3) is 0.381. The first-order chi connectivity index (χ1) is 12.2. The summed E-state index contributed by atoms with van der Waals surface area (Å²) in [4.78, 5) is 14.1. The van der Waals surface area contributed by atoms with Gasteiger partial charge in [-0.15, -0.1) is 0 Å². The summed E-state index contributed by atoms with van der Waals surface area (Å²) >= 11 is 0.